The van der Waals surface area contributed by atoms with Crippen LogP contribution in [0.25, 0.3) is 0 Å². The molecule has 8 N–H and O–H groups in total. The molecule has 1 fully saturated rings. The molecule has 0 saturated carbocycles. The topological polar surface area (TPSA) is 235 Å². The Morgan fingerprint density at radius 1 is 0.871 bits per heavy atom. The first-order valence-electron chi connectivity index (χ1n) is 21.3. The predicted octanol–water partition coefficient (Wildman–Crippen LogP) is 4.51. The van der Waals surface area contributed by atoms with Gasteiger partial charge in [0.25, 0.3) is 12.4 Å². The van der Waals surface area contributed by atoms with Gasteiger partial charge in [-0.05, 0) is 80.7 Å². The summed E-state index contributed by atoms with van der Waals surface area (Å²) in [6.45, 7) is 11.6. The minimum Gasteiger partial charge on any atom is -0.483 e. The van der Waals surface area contributed by atoms with E-state index in [1.165, 1.54) is 29.8 Å². The molecule has 1 saturated heterocycles. The van der Waals surface area contributed by atoms with Crippen molar-refractivity contribution in [3.8, 4) is 0 Å². The van der Waals surface area contributed by atoms with E-state index in [2.05, 4.69) is 34.3 Å². The van der Waals surface area contributed by atoms with E-state index in [0.29, 0.717) is 32.2 Å². The monoisotopic (exact) mass is 864 g/mol. The molecule has 2 heterocycles. The highest BCUT2D eigenvalue weighted by Crippen LogP contribution is 2.18. The van der Waals surface area contributed by atoms with Crippen LogP contribution in [0, 0.1) is 5.92 Å². The van der Waals surface area contributed by atoms with Crippen LogP contribution in [0.15, 0.2) is 84.9 Å². The maximum atomic E-state index is 12.1. The Bertz CT molecular complexity index is 1720. The van der Waals surface area contributed by atoms with Gasteiger partial charge >= 0.3 is 6.09 Å². The molecule has 0 aromatic heterocycles. The molecule has 4 unspecified atom stereocenters. The smallest absolute Gasteiger partial charge is 0.407 e. The number of hydrogen-bond acceptors (Lipinski definition) is 10. The lowest BCUT2D eigenvalue weighted by atomic mass is 10.0. The number of aldehydes is 1. The Labute approximate surface area is 366 Å². The lowest BCUT2D eigenvalue weighted by Crippen LogP contribution is -2.48. The molecule has 15 heteroatoms. The van der Waals surface area contributed by atoms with Crippen molar-refractivity contribution in [2.75, 3.05) is 19.8 Å². The van der Waals surface area contributed by atoms with Gasteiger partial charge in [0, 0.05) is 31.6 Å². The molecule has 62 heavy (non-hydrogen) atoms. The Balaban J connectivity index is 0.000000430. The lowest BCUT2D eigenvalue weighted by molar-refractivity contribution is -0.139. The number of aliphatic hydroxyl groups is 2. The van der Waals surface area contributed by atoms with Crippen molar-refractivity contribution in [2.24, 2.45) is 5.92 Å². The van der Waals surface area contributed by atoms with Gasteiger partial charge in [-0.15, -0.1) is 0 Å². The summed E-state index contributed by atoms with van der Waals surface area (Å²) in [6, 6.07) is 26.6. The highest BCUT2D eigenvalue weighted by atomic mass is 16.4. The van der Waals surface area contributed by atoms with Gasteiger partial charge in [0.2, 0.25) is 11.7 Å². The fourth-order valence-electron chi connectivity index (χ4n) is 6.38. The largest absolute Gasteiger partial charge is 0.483 e. The molecule has 2 aliphatic heterocycles. The molecule has 0 spiro atoms. The summed E-state index contributed by atoms with van der Waals surface area (Å²) in [5.41, 5.74) is 4.40. The number of amides is 3. The summed E-state index contributed by atoms with van der Waals surface area (Å²) in [4.78, 5) is 67.1. The minimum absolute atomic E-state index is 0.00961. The summed E-state index contributed by atoms with van der Waals surface area (Å²) < 4.78 is 0. The van der Waals surface area contributed by atoms with Crippen molar-refractivity contribution < 1.29 is 49.2 Å². The third kappa shape index (κ3) is 22.9. The van der Waals surface area contributed by atoms with Crippen molar-refractivity contribution in [1.29, 1.82) is 0 Å². The Morgan fingerprint density at radius 2 is 1.44 bits per heavy atom. The second kappa shape index (κ2) is 32.3. The number of nitrogens with one attached hydrogen (secondary N) is 4. The average molecular weight is 864 g/mol. The summed E-state index contributed by atoms with van der Waals surface area (Å²) in [5.74, 6) is -1.60. The normalized spacial score (nSPS) is 15.5. The summed E-state index contributed by atoms with van der Waals surface area (Å²) in [7, 11) is 0. The van der Waals surface area contributed by atoms with E-state index in [0.717, 1.165) is 42.0 Å². The zero-order valence-electron chi connectivity index (χ0n) is 36.9. The Hall–Kier alpha value is -5.48. The van der Waals surface area contributed by atoms with Crippen LogP contribution in [-0.4, -0.2) is 112 Å². The Kier molecular flexibility index (Phi) is 28.4. The van der Waals surface area contributed by atoms with Crippen LogP contribution in [0.1, 0.15) is 89.0 Å². The number of benzene rings is 3. The van der Waals surface area contributed by atoms with Crippen molar-refractivity contribution in [3.63, 3.8) is 0 Å². The number of aliphatic hydroxyl groups excluding tert-OH is 2. The highest BCUT2D eigenvalue weighted by Gasteiger charge is 2.25. The van der Waals surface area contributed by atoms with Crippen molar-refractivity contribution in [1.82, 2.24) is 26.2 Å². The standard InChI is InChI=1S/C17H26N2O3.C14H19NO3.C10H11NO2.C5H11N.CH2O2/c1-3-4-10-15(18-12-20)16(21)17(22)19-13(2)11-14-8-6-5-7-9-14;1-10(2)12(9-16)15-14(18)13(17)8-11-6-4-3-5-7-11;12-10(13)11-6-5-8-3-1-2-4-9(8)7-11;1-5-3-2-4-6-5;2-1-3/h5-9,13,15,18,20H,3-4,10-12H2,1-2H3,(H,19,22);3-7,9-10,12-13,17H,8H2,1-2H3,(H,15,18);1-4H,5-7H2,(H,12,13);5-6H,2-4H2,1H3;1H,(H,2,3)/t;12?,13-;;;/m.0.../s1. The number of rotatable bonds is 16. The summed E-state index contributed by atoms with van der Waals surface area (Å²) >= 11 is 0. The van der Waals surface area contributed by atoms with Crippen LogP contribution in [0.2, 0.25) is 0 Å². The molecule has 2 aliphatic rings. The van der Waals surface area contributed by atoms with Crippen molar-refractivity contribution in [3.05, 3.63) is 107 Å². The summed E-state index contributed by atoms with van der Waals surface area (Å²) in [6.07, 6.45) is 5.56. The fraction of sp³-hybridized carbons (Fsp3) is 0.489. The van der Waals surface area contributed by atoms with Gasteiger partial charge in [0.1, 0.15) is 12.4 Å². The van der Waals surface area contributed by atoms with E-state index in [1.807, 2.05) is 107 Å². The SMILES string of the molecule is CC(C)C(C=O)NC(=O)[C@@H](O)Cc1ccccc1.CC1CCCN1.CCCCC(NCO)C(=O)C(=O)NC(C)Cc1ccccc1.O=C(O)N1CCc2ccccc2C1.O=CO. The van der Waals surface area contributed by atoms with E-state index in [4.69, 9.17) is 20.1 Å². The summed E-state index contributed by atoms with van der Waals surface area (Å²) in [5, 5.41) is 45.6. The zero-order valence-corrected chi connectivity index (χ0v) is 36.9. The molecule has 15 nitrogen and oxygen atoms in total. The molecule has 0 radical (unpaired) electrons. The first-order valence-corrected chi connectivity index (χ1v) is 21.3. The second-order valence-corrected chi connectivity index (χ2v) is 15.4. The number of hydrogen-bond donors (Lipinski definition) is 8. The number of carbonyl (C=O) groups is 6. The molecule has 5 atom stereocenters. The number of unbranched alkanes of at least 4 members (excludes halogenated alkanes) is 1. The molecular weight excluding hydrogens is 795 g/mol. The number of carbonyl (C=O) groups excluding carboxylic acids is 4. The lowest BCUT2D eigenvalue weighted by Gasteiger charge is -2.26. The van der Waals surface area contributed by atoms with Crippen LogP contribution in [0.5, 0.6) is 0 Å². The molecule has 5 rings (SSSR count). The van der Waals surface area contributed by atoms with Crippen molar-refractivity contribution >= 4 is 36.4 Å². The van der Waals surface area contributed by atoms with Gasteiger partial charge in [-0.3, -0.25) is 24.5 Å². The van der Waals surface area contributed by atoms with Crippen molar-refractivity contribution in [2.45, 2.75) is 123 Å². The van der Waals surface area contributed by atoms with Crippen LogP contribution in [-0.2, 0) is 49.8 Å². The highest BCUT2D eigenvalue weighted by molar-refractivity contribution is 6.38. The number of fused-ring (bicyclic) bond motifs is 1. The molecule has 3 aromatic carbocycles. The van der Waals surface area contributed by atoms with E-state index in [1.54, 1.807) is 0 Å². The second-order valence-electron chi connectivity index (χ2n) is 15.4. The maximum Gasteiger partial charge on any atom is 0.407 e. The van der Waals surface area contributed by atoms with Gasteiger partial charge in [0.15, 0.2) is 0 Å². The van der Waals surface area contributed by atoms with Gasteiger partial charge in [-0.1, -0.05) is 119 Å². The van der Waals surface area contributed by atoms with Crippen LogP contribution >= 0.6 is 0 Å². The molecule has 3 aromatic rings. The van der Waals surface area contributed by atoms with Gasteiger partial charge in [-0.25, -0.2) is 4.79 Å². The molecule has 3 amide bonds. The van der Waals surface area contributed by atoms with E-state index in [-0.39, 0.29) is 31.6 Å². The molecule has 342 valence electrons. The third-order valence-electron chi connectivity index (χ3n) is 9.94. The predicted molar refractivity (Wildman–Crippen MR) is 239 cm³/mol. The van der Waals surface area contributed by atoms with Gasteiger partial charge in [0.05, 0.1) is 18.8 Å². The van der Waals surface area contributed by atoms with Gasteiger partial charge in [-0.2, -0.15) is 0 Å². The Morgan fingerprint density at radius 3 is 1.90 bits per heavy atom. The first-order chi connectivity index (χ1) is 29.7. The minimum atomic E-state index is -1.13. The average Bonchev–Trinajstić information content (AvgIpc) is 3.75. The zero-order chi connectivity index (χ0) is 46.3. The van der Waals surface area contributed by atoms with Crippen LogP contribution in [0.4, 0.5) is 4.79 Å². The van der Waals surface area contributed by atoms with E-state index < -0.39 is 41.9 Å². The number of ketones is 1. The van der Waals surface area contributed by atoms with Crippen LogP contribution < -0.4 is 21.3 Å². The first kappa shape index (κ1) is 54.5. The van der Waals surface area contributed by atoms with Gasteiger partial charge < -0.3 is 46.1 Å². The quantitative estimate of drug-likeness (QED) is 0.0565. The number of carboxylic acid groups (broad SMARTS) is 2. The fourth-order valence-corrected chi connectivity index (χ4v) is 6.38. The van der Waals surface area contributed by atoms with Crippen LogP contribution in [0.3, 0.4) is 0 Å². The molecule has 0 bridgehead atoms. The molecule has 0 aliphatic carbocycles. The van der Waals surface area contributed by atoms with E-state index in [9.17, 15) is 29.1 Å². The maximum absolute atomic E-state index is 12.1. The third-order valence-corrected chi connectivity index (χ3v) is 9.94. The van der Waals surface area contributed by atoms with E-state index >= 15 is 0 Å². The number of nitrogens with zero attached hydrogens (tertiary/aromatic N) is 1. The molecular formula is C47H69N5O10. The number of Topliss-reactive ketones (excluding diaryl/α,β-unsaturated/α-hetero) is 1.